The van der Waals surface area contributed by atoms with Gasteiger partial charge in [-0.1, -0.05) is 30.3 Å². The van der Waals surface area contributed by atoms with Crippen molar-refractivity contribution in [2.45, 2.75) is 0 Å². The van der Waals surface area contributed by atoms with Crippen LogP contribution in [0.25, 0.3) is 0 Å². The van der Waals surface area contributed by atoms with Gasteiger partial charge in [-0.15, -0.1) is 0 Å². The Labute approximate surface area is 78.9 Å². The zero-order valence-corrected chi connectivity index (χ0v) is 7.38. The van der Waals surface area contributed by atoms with Crippen LogP contribution in [-0.2, 0) is 9.59 Å². The summed E-state index contributed by atoms with van der Waals surface area (Å²) in [6.45, 7) is 0. The van der Waals surface area contributed by atoms with E-state index in [1.807, 2.05) is 30.3 Å². The summed E-state index contributed by atoms with van der Waals surface area (Å²) >= 11 is 0.888. The highest BCUT2D eigenvalue weighted by molar-refractivity contribution is 8.28. The molecule has 0 bridgehead atoms. The van der Waals surface area contributed by atoms with Crippen molar-refractivity contribution in [1.82, 2.24) is 0 Å². The highest BCUT2D eigenvalue weighted by Crippen LogP contribution is 2.20. The fourth-order valence-electron chi connectivity index (χ4n) is 0.996. The minimum atomic E-state index is -0.663. The second-order valence-corrected chi connectivity index (χ2v) is 3.44. The Morgan fingerprint density at radius 3 is 2.31 bits per heavy atom. The fourth-order valence-corrected chi connectivity index (χ4v) is 1.69. The molecular weight excluding hydrogens is 186 g/mol. The number of nitrogens with zero attached hydrogens (tertiary/aromatic N) is 1. The number of amides is 1. The van der Waals surface area contributed by atoms with Gasteiger partial charge in [-0.3, -0.25) is 9.59 Å². The molecule has 1 heterocycles. The van der Waals surface area contributed by atoms with Gasteiger partial charge in [0.05, 0.1) is 0 Å². The molecule has 0 N–H and O–H groups in total. The molecule has 64 valence electrons. The fraction of sp³-hybridized carbons (Fsp3) is 0. The first kappa shape index (κ1) is 8.19. The molecule has 0 aliphatic carbocycles. The molecule has 4 heteroatoms. The summed E-state index contributed by atoms with van der Waals surface area (Å²) in [6, 6.07) is 9.18. The van der Waals surface area contributed by atoms with Gasteiger partial charge in [0.2, 0.25) is 0 Å². The van der Waals surface area contributed by atoms with E-state index in [9.17, 15) is 9.59 Å². The van der Waals surface area contributed by atoms with Crippen molar-refractivity contribution in [1.29, 1.82) is 0 Å². The molecule has 0 unspecified atom stereocenters. The summed E-state index contributed by atoms with van der Waals surface area (Å²) in [6.07, 6.45) is 0. The van der Waals surface area contributed by atoms with E-state index in [1.54, 1.807) is 0 Å². The van der Waals surface area contributed by atoms with Gasteiger partial charge in [0, 0.05) is 5.56 Å². The Hall–Kier alpha value is -1.42. The van der Waals surface area contributed by atoms with Gasteiger partial charge in [-0.2, -0.15) is 4.99 Å². The summed E-state index contributed by atoms with van der Waals surface area (Å²) < 4.78 is 0. The smallest absolute Gasteiger partial charge is 0.275 e. The third kappa shape index (κ3) is 1.53. The van der Waals surface area contributed by atoms with E-state index in [0.29, 0.717) is 5.04 Å². The molecule has 0 saturated carbocycles. The van der Waals surface area contributed by atoms with E-state index >= 15 is 0 Å². The first-order valence-corrected chi connectivity index (χ1v) is 4.49. The lowest BCUT2D eigenvalue weighted by molar-refractivity contribution is -0.130. The van der Waals surface area contributed by atoms with Crippen LogP contribution in [0.15, 0.2) is 35.3 Å². The maximum Gasteiger partial charge on any atom is 0.325 e. The molecule has 0 saturated heterocycles. The topological polar surface area (TPSA) is 46.5 Å². The maximum atomic E-state index is 10.9. The molecule has 1 aliphatic heterocycles. The quantitative estimate of drug-likeness (QED) is 0.627. The zero-order chi connectivity index (χ0) is 9.26. The zero-order valence-electron chi connectivity index (χ0n) is 6.56. The predicted molar refractivity (Wildman–Crippen MR) is 50.6 cm³/mol. The van der Waals surface area contributed by atoms with Gasteiger partial charge in [0.1, 0.15) is 5.04 Å². The molecule has 0 radical (unpaired) electrons. The van der Waals surface area contributed by atoms with Crippen LogP contribution in [0, 0.1) is 0 Å². The molecule has 13 heavy (non-hydrogen) atoms. The minimum absolute atomic E-state index is 0.496. The number of rotatable bonds is 1. The predicted octanol–water partition coefficient (Wildman–Crippen LogP) is 1.23. The Bertz CT molecular complexity index is 397. The lowest BCUT2D eigenvalue weighted by atomic mass is 10.2. The van der Waals surface area contributed by atoms with Gasteiger partial charge in [0.15, 0.2) is 0 Å². The number of aliphatic imine (C=N–C) groups is 1. The molecule has 1 aliphatic rings. The van der Waals surface area contributed by atoms with Gasteiger partial charge >= 0.3 is 5.91 Å². The molecule has 1 aromatic rings. The molecular formula is C9H5NO2S. The number of benzene rings is 1. The van der Waals surface area contributed by atoms with E-state index in [1.165, 1.54) is 0 Å². The SMILES string of the molecule is O=C1N=C(c2ccccc2)SC1=O. The summed E-state index contributed by atoms with van der Waals surface area (Å²) in [5, 5.41) is -0.00514. The Kier molecular flexibility index (Phi) is 1.98. The monoisotopic (exact) mass is 191 g/mol. The van der Waals surface area contributed by atoms with Crippen LogP contribution in [0.2, 0.25) is 0 Å². The van der Waals surface area contributed by atoms with Gasteiger partial charge < -0.3 is 0 Å². The molecule has 0 spiro atoms. The van der Waals surface area contributed by atoms with Crippen molar-refractivity contribution in [2.75, 3.05) is 0 Å². The van der Waals surface area contributed by atoms with Crippen molar-refractivity contribution in [3.05, 3.63) is 35.9 Å². The van der Waals surface area contributed by atoms with Crippen LogP contribution in [0.3, 0.4) is 0 Å². The van der Waals surface area contributed by atoms with Crippen LogP contribution in [0.1, 0.15) is 5.56 Å². The third-order valence-corrected chi connectivity index (χ3v) is 2.47. The molecule has 3 nitrogen and oxygen atoms in total. The van der Waals surface area contributed by atoms with Crippen molar-refractivity contribution >= 4 is 27.8 Å². The standard InChI is InChI=1S/C9H5NO2S/c11-7-9(12)13-8(10-7)6-4-2-1-3-5-6/h1-5H. The van der Waals surface area contributed by atoms with E-state index in [-0.39, 0.29) is 0 Å². The second-order valence-electron chi connectivity index (χ2n) is 2.48. The number of carbonyl (C=O) groups excluding carboxylic acids is 2. The van der Waals surface area contributed by atoms with Crippen LogP contribution in [0.5, 0.6) is 0 Å². The van der Waals surface area contributed by atoms with E-state index in [2.05, 4.69) is 4.99 Å². The highest BCUT2D eigenvalue weighted by Gasteiger charge is 2.25. The Balaban J connectivity index is 2.35. The summed E-state index contributed by atoms with van der Waals surface area (Å²) in [4.78, 5) is 25.3. The molecule has 0 aromatic heterocycles. The summed E-state index contributed by atoms with van der Waals surface area (Å²) in [5.74, 6) is -0.663. The summed E-state index contributed by atoms with van der Waals surface area (Å²) in [7, 11) is 0. The second kappa shape index (κ2) is 3.14. The number of hydrogen-bond acceptors (Lipinski definition) is 3. The first-order chi connectivity index (χ1) is 6.27. The largest absolute Gasteiger partial charge is 0.325 e. The average molecular weight is 191 g/mol. The van der Waals surface area contributed by atoms with Crippen LogP contribution >= 0.6 is 11.8 Å². The molecule has 0 atom stereocenters. The number of carbonyl (C=O) groups is 2. The van der Waals surface area contributed by atoms with E-state index in [0.717, 1.165) is 17.3 Å². The van der Waals surface area contributed by atoms with Crippen LogP contribution < -0.4 is 0 Å². The summed E-state index contributed by atoms with van der Waals surface area (Å²) in [5.41, 5.74) is 0.812. The lowest BCUT2D eigenvalue weighted by Crippen LogP contribution is -1.98. The molecule has 0 fully saturated rings. The van der Waals surface area contributed by atoms with Crippen molar-refractivity contribution in [2.24, 2.45) is 4.99 Å². The number of hydrogen-bond donors (Lipinski definition) is 0. The Morgan fingerprint density at radius 1 is 1.08 bits per heavy atom. The molecule has 2 rings (SSSR count). The van der Waals surface area contributed by atoms with Gasteiger partial charge in [-0.25, -0.2) is 0 Å². The van der Waals surface area contributed by atoms with Crippen molar-refractivity contribution in [3.8, 4) is 0 Å². The van der Waals surface area contributed by atoms with E-state index in [4.69, 9.17) is 0 Å². The molecule has 1 aromatic carbocycles. The number of thioether (sulfide) groups is 1. The van der Waals surface area contributed by atoms with Crippen molar-refractivity contribution in [3.63, 3.8) is 0 Å². The van der Waals surface area contributed by atoms with Gasteiger partial charge in [0.25, 0.3) is 5.12 Å². The normalized spacial score (nSPS) is 16.2. The van der Waals surface area contributed by atoms with Crippen LogP contribution in [0.4, 0.5) is 0 Å². The van der Waals surface area contributed by atoms with Crippen molar-refractivity contribution < 1.29 is 9.59 Å². The molecule has 1 amide bonds. The first-order valence-electron chi connectivity index (χ1n) is 3.67. The maximum absolute atomic E-state index is 10.9. The van der Waals surface area contributed by atoms with E-state index < -0.39 is 11.0 Å². The van der Waals surface area contributed by atoms with Crippen LogP contribution in [-0.4, -0.2) is 16.1 Å². The average Bonchev–Trinajstić information content (AvgIpc) is 2.49. The minimum Gasteiger partial charge on any atom is -0.275 e. The lowest BCUT2D eigenvalue weighted by Gasteiger charge is -1.94. The highest BCUT2D eigenvalue weighted by atomic mass is 32.2. The Morgan fingerprint density at radius 2 is 1.77 bits per heavy atom. The van der Waals surface area contributed by atoms with Gasteiger partial charge in [-0.05, 0) is 11.8 Å². The third-order valence-electron chi connectivity index (χ3n) is 1.59.